The third-order valence-corrected chi connectivity index (χ3v) is 2.93. The molecule has 0 aliphatic carbocycles. The highest BCUT2D eigenvalue weighted by molar-refractivity contribution is 5.94. The van der Waals surface area contributed by atoms with Crippen LogP contribution < -0.4 is 4.74 Å². The van der Waals surface area contributed by atoms with Crippen LogP contribution in [-0.2, 0) is 6.54 Å². The lowest BCUT2D eigenvalue weighted by molar-refractivity contribution is 0.0774. The summed E-state index contributed by atoms with van der Waals surface area (Å²) in [6, 6.07) is 7.79. The lowest BCUT2D eigenvalue weighted by atomic mass is 10.2. The molecule has 1 aromatic heterocycles. The highest BCUT2D eigenvalue weighted by atomic mass is 19.1. The number of carbonyl (C=O) groups excluding carboxylic acids is 1. The molecule has 106 valence electrons. The molecule has 0 spiro atoms. The lowest BCUT2D eigenvalue weighted by Gasteiger charge is -2.16. The van der Waals surface area contributed by atoms with Gasteiger partial charge in [0.05, 0.1) is 13.7 Å². The van der Waals surface area contributed by atoms with Crippen LogP contribution in [0.1, 0.15) is 21.9 Å². The SMILES string of the molecule is COc1ccc(C(=O)N(C)Cc2ccc(C)o2)cc1F. The van der Waals surface area contributed by atoms with Crippen molar-refractivity contribution in [3.8, 4) is 5.75 Å². The summed E-state index contributed by atoms with van der Waals surface area (Å²) in [4.78, 5) is 13.7. The molecule has 1 aromatic carbocycles. The highest BCUT2D eigenvalue weighted by Crippen LogP contribution is 2.19. The van der Waals surface area contributed by atoms with E-state index in [1.165, 1.54) is 30.2 Å². The lowest BCUT2D eigenvalue weighted by Crippen LogP contribution is -2.26. The summed E-state index contributed by atoms with van der Waals surface area (Å²) < 4.78 is 23.8. The van der Waals surface area contributed by atoms with Gasteiger partial charge in [0, 0.05) is 12.6 Å². The predicted molar refractivity (Wildman–Crippen MR) is 72.2 cm³/mol. The maximum Gasteiger partial charge on any atom is 0.254 e. The van der Waals surface area contributed by atoms with E-state index in [-0.39, 0.29) is 17.2 Å². The molecule has 0 saturated carbocycles. The first-order valence-electron chi connectivity index (χ1n) is 6.15. The van der Waals surface area contributed by atoms with Crippen molar-refractivity contribution in [1.82, 2.24) is 4.90 Å². The van der Waals surface area contributed by atoms with Crippen molar-refractivity contribution in [2.75, 3.05) is 14.2 Å². The molecule has 2 rings (SSSR count). The molecule has 20 heavy (non-hydrogen) atoms. The third kappa shape index (κ3) is 2.99. The van der Waals surface area contributed by atoms with E-state index in [4.69, 9.17) is 9.15 Å². The number of furan rings is 1. The van der Waals surface area contributed by atoms with Gasteiger partial charge in [-0.15, -0.1) is 0 Å². The molecule has 0 saturated heterocycles. The van der Waals surface area contributed by atoms with E-state index < -0.39 is 5.82 Å². The first kappa shape index (κ1) is 14.1. The van der Waals surface area contributed by atoms with E-state index in [0.29, 0.717) is 12.3 Å². The topological polar surface area (TPSA) is 42.7 Å². The molecule has 4 nitrogen and oxygen atoms in total. The van der Waals surface area contributed by atoms with Crippen molar-refractivity contribution >= 4 is 5.91 Å². The quantitative estimate of drug-likeness (QED) is 0.862. The van der Waals surface area contributed by atoms with E-state index in [0.717, 1.165) is 5.76 Å². The fraction of sp³-hybridized carbons (Fsp3) is 0.267. The first-order valence-corrected chi connectivity index (χ1v) is 6.15. The largest absolute Gasteiger partial charge is 0.494 e. The fourth-order valence-corrected chi connectivity index (χ4v) is 1.90. The second-order valence-electron chi connectivity index (χ2n) is 4.52. The van der Waals surface area contributed by atoms with Gasteiger partial charge in [-0.2, -0.15) is 0 Å². The van der Waals surface area contributed by atoms with Gasteiger partial charge in [-0.05, 0) is 37.3 Å². The second-order valence-corrected chi connectivity index (χ2v) is 4.52. The van der Waals surface area contributed by atoms with E-state index >= 15 is 0 Å². The van der Waals surface area contributed by atoms with Gasteiger partial charge in [-0.25, -0.2) is 4.39 Å². The van der Waals surface area contributed by atoms with Gasteiger partial charge in [0.1, 0.15) is 11.5 Å². The normalized spacial score (nSPS) is 10.4. The van der Waals surface area contributed by atoms with Gasteiger partial charge in [-0.3, -0.25) is 4.79 Å². The maximum atomic E-state index is 13.6. The van der Waals surface area contributed by atoms with Crippen molar-refractivity contribution in [3.05, 3.63) is 53.2 Å². The van der Waals surface area contributed by atoms with Gasteiger partial charge in [0.25, 0.3) is 5.91 Å². The van der Waals surface area contributed by atoms with Crippen molar-refractivity contribution in [3.63, 3.8) is 0 Å². The van der Waals surface area contributed by atoms with Gasteiger partial charge in [0.2, 0.25) is 0 Å². The molecular formula is C15H16FNO3. The van der Waals surface area contributed by atoms with Crippen molar-refractivity contribution in [2.24, 2.45) is 0 Å². The van der Waals surface area contributed by atoms with E-state index in [2.05, 4.69) is 0 Å². The summed E-state index contributed by atoms with van der Waals surface area (Å²) in [6.45, 7) is 2.17. The zero-order chi connectivity index (χ0) is 14.7. The maximum absolute atomic E-state index is 13.6. The van der Waals surface area contributed by atoms with Crippen LogP contribution in [0.4, 0.5) is 4.39 Å². The van der Waals surface area contributed by atoms with Gasteiger partial charge in [-0.1, -0.05) is 0 Å². The Morgan fingerprint density at radius 3 is 2.65 bits per heavy atom. The minimum atomic E-state index is -0.555. The first-order chi connectivity index (χ1) is 9.51. The second kappa shape index (κ2) is 5.77. The monoisotopic (exact) mass is 277 g/mol. The molecule has 1 amide bonds. The van der Waals surface area contributed by atoms with E-state index in [1.54, 1.807) is 7.05 Å². The summed E-state index contributed by atoms with van der Waals surface area (Å²) in [7, 11) is 3.02. The van der Waals surface area contributed by atoms with E-state index in [9.17, 15) is 9.18 Å². The fourth-order valence-electron chi connectivity index (χ4n) is 1.90. The number of carbonyl (C=O) groups is 1. The number of aryl methyl sites for hydroxylation is 1. The Hall–Kier alpha value is -2.30. The van der Waals surface area contributed by atoms with Crippen LogP contribution in [0.15, 0.2) is 34.7 Å². The summed E-state index contributed by atoms with van der Waals surface area (Å²) in [5, 5.41) is 0. The Morgan fingerprint density at radius 2 is 2.10 bits per heavy atom. The number of amides is 1. The standard InChI is InChI=1S/C15H16FNO3/c1-10-4-6-12(20-10)9-17(2)15(18)11-5-7-14(19-3)13(16)8-11/h4-8H,9H2,1-3H3. The Morgan fingerprint density at radius 1 is 1.35 bits per heavy atom. The number of halogens is 1. The Balaban J connectivity index is 2.12. The van der Waals surface area contributed by atoms with Crippen molar-refractivity contribution < 1.29 is 18.3 Å². The van der Waals surface area contributed by atoms with Gasteiger partial charge >= 0.3 is 0 Å². The molecule has 0 fully saturated rings. The molecule has 1 heterocycles. The van der Waals surface area contributed by atoms with Crippen LogP contribution >= 0.6 is 0 Å². The number of nitrogens with zero attached hydrogens (tertiary/aromatic N) is 1. The highest BCUT2D eigenvalue weighted by Gasteiger charge is 2.15. The molecule has 0 unspecified atom stereocenters. The molecule has 0 N–H and O–H groups in total. The molecule has 0 radical (unpaired) electrons. The Bertz CT molecular complexity index is 621. The van der Waals surface area contributed by atoms with Crippen LogP contribution in [0.5, 0.6) is 5.75 Å². The minimum Gasteiger partial charge on any atom is -0.494 e. The molecule has 0 bridgehead atoms. The average molecular weight is 277 g/mol. The number of hydrogen-bond donors (Lipinski definition) is 0. The molecule has 2 aromatic rings. The molecule has 0 aliphatic heterocycles. The number of hydrogen-bond acceptors (Lipinski definition) is 3. The zero-order valence-electron chi connectivity index (χ0n) is 11.6. The van der Waals surface area contributed by atoms with Crippen molar-refractivity contribution in [2.45, 2.75) is 13.5 Å². The smallest absolute Gasteiger partial charge is 0.254 e. The Labute approximate surface area is 116 Å². The van der Waals surface area contributed by atoms with Gasteiger partial charge < -0.3 is 14.1 Å². The van der Waals surface area contributed by atoms with Crippen LogP contribution in [0.3, 0.4) is 0 Å². The summed E-state index contributed by atoms with van der Waals surface area (Å²) in [5.41, 5.74) is 0.272. The molecular weight excluding hydrogens is 261 g/mol. The number of ether oxygens (including phenoxy) is 1. The van der Waals surface area contributed by atoms with Crippen LogP contribution in [0.2, 0.25) is 0 Å². The van der Waals surface area contributed by atoms with Crippen LogP contribution in [-0.4, -0.2) is 25.0 Å². The average Bonchev–Trinajstić information content (AvgIpc) is 2.83. The third-order valence-electron chi connectivity index (χ3n) is 2.93. The zero-order valence-corrected chi connectivity index (χ0v) is 11.6. The minimum absolute atomic E-state index is 0.117. The molecule has 5 heteroatoms. The van der Waals surface area contributed by atoms with Gasteiger partial charge in [0.15, 0.2) is 11.6 Å². The van der Waals surface area contributed by atoms with E-state index in [1.807, 2.05) is 19.1 Å². The van der Waals surface area contributed by atoms with Crippen LogP contribution in [0, 0.1) is 12.7 Å². The Kier molecular flexibility index (Phi) is 4.08. The molecule has 0 atom stereocenters. The number of rotatable bonds is 4. The van der Waals surface area contributed by atoms with Crippen molar-refractivity contribution in [1.29, 1.82) is 0 Å². The predicted octanol–water partition coefficient (Wildman–Crippen LogP) is 3.01. The number of benzene rings is 1. The number of methoxy groups -OCH3 is 1. The summed E-state index contributed by atoms with van der Waals surface area (Å²) in [5.74, 6) is 0.760. The van der Waals surface area contributed by atoms with Crippen LogP contribution in [0.25, 0.3) is 0 Å². The summed E-state index contributed by atoms with van der Waals surface area (Å²) in [6.07, 6.45) is 0. The summed E-state index contributed by atoms with van der Waals surface area (Å²) >= 11 is 0. The molecule has 0 aliphatic rings.